The Kier molecular flexibility index (Phi) is 4.51. The number of benzene rings is 1. The third kappa shape index (κ3) is 3.56. The summed E-state index contributed by atoms with van der Waals surface area (Å²) >= 11 is 1.32. The number of carboxylic acid groups (broad SMARTS) is 1. The van der Waals surface area contributed by atoms with Crippen molar-refractivity contribution >= 4 is 28.9 Å². The number of phenolic OH excluding ortho intramolecular Hbond substituents is 1. The van der Waals surface area contributed by atoms with E-state index in [-0.39, 0.29) is 22.7 Å². The summed E-state index contributed by atoms with van der Waals surface area (Å²) in [5.74, 6) is -1.95. The maximum atomic E-state index is 12.0. The maximum absolute atomic E-state index is 12.0. The van der Waals surface area contributed by atoms with E-state index in [1.54, 1.807) is 5.38 Å². The number of rotatable bonds is 5. The standard InChI is InChI=1S/C13H13N3O4S/c14-4-3-11-15-10(6-21-11)12(18)16-9-2-1-7(17)5-8(9)13(19)20/h1-2,5-6,17H,3-4,14H2,(H,16,18)(H,19,20). The molecule has 1 aromatic heterocycles. The number of carbonyl (C=O) groups excluding carboxylic acids is 1. The van der Waals surface area contributed by atoms with Gasteiger partial charge in [0.05, 0.1) is 16.3 Å². The van der Waals surface area contributed by atoms with Gasteiger partial charge in [-0.3, -0.25) is 4.79 Å². The van der Waals surface area contributed by atoms with Crippen LogP contribution in [0.25, 0.3) is 0 Å². The largest absolute Gasteiger partial charge is 0.508 e. The van der Waals surface area contributed by atoms with Crippen molar-refractivity contribution in [2.75, 3.05) is 11.9 Å². The number of thiazole rings is 1. The highest BCUT2D eigenvalue weighted by Crippen LogP contribution is 2.22. The number of hydrogen-bond acceptors (Lipinski definition) is 6. The summed E-state index contributed by atoms with van der Waals surface area (Å²) in [4.78, 5) is 27.2. The average molecular weight is 307 g/mol. The molecule has 1 aromatic carbocycles. The predicted molar refractivity (Wildman–Crippen MR) is 77.9 cm³/mol. The molecule has 0 saturated carbocycles. The molecule has 110 valence electrons. The molecule has 21 heavy (non-hydrogen) atoms. The van der Waals surface area contributed by atoms with Gasteiger partial charge >= 0.3 is 5.97 Å². The SMILES string of the molecule is NCCc1nc(C(=O)Nc2ccc(O)cc2C(=O)O)cs1. The van der Waals surface area contributed by atoms with E-state index in [1.165, 1.54) is 23.5 Å². The Morgan fingerprint density at radius 3 is 2.81 bits per heavy atom. The van der Waals surface area contributed by atoms with Crippen molar-refractivity contribution in [1.82, 2.24) is 4.98 Å². The number of aromatic carboxylic acids is 1. The van der Waals surface area contributed by atoms with Gasteiger partial charge in [0.1, 0.15) is 11.4 Å². The van der Waals surface area contributed by atoms with Crippen LogP contribution in [-0.2, 0) is 6.42 Å². The zero-order chi connectivity index (χ0) is 15.4. The third-order valence-corrected chi connectivity index (χ3v) is 3.53. The molecule has 0 fully saturated rings. The first-order valence-corrected chi connectivity index (χ1v) is 6.91. The van der Waals surface area contributed by atoms with Crippen LogP contribution in [0, 0.1) is 0 Å². The van der Waals surface area contributed by atoms with E-state index < -0.39 is 11.9 Å². The number of aromatic nitrogens is 1. The molecule has 0 saturated heterocycles. The normalized spacial score (nSPS) is 10.3. The van der Waals surface area contributed by atoms with Gasteiger partial charge in [0, 0.05) is 11.8 Å². The molecule has 0 radical (unpaired) electrons. The highest BCUT2D eigenvalue weighted by atomic mass is 32.1. The van der Waals surface area contributed by atoms with E-state index in [9.17, 15) is 14.7 Å². The Morgan fingerprint density at radius 2 is 2.14 bits per heavy atom. The van der Waals surface area contributed by atoms with Gasteiger partial charge in [0.15, 0.2) is 0 Å². The zero-order valence-corrected chi connectivity index (χ0v) is 11.7. The summed E-state index contributed by atoms with van der Waals surface area (Å²) in [6.45, 7) is 0.440. The Labute approximate surface area is 124 Å². The fourth-order valence-electron chi connectivity index (χ4n) is 1.66. The number of nitrogens with two attached hydrogens (primary N) is 1. The third-order valence-electron chi connectivity index (χ3n) is 2.62. The first-order chi connectivity index (χ1) is 10.0. The molecule has 0 aliphatic carbocycles. The Hall–Kier alpha value is -2.45. The monoisotopic (exact) mass is 307 g/mol. The van der Waals surface area contributed by atoms with E-state index in [0.29, 0.717) is 13.0 Å². The number of anilines is 1. The minimum atomic E-state index is -1.25. The van der Waals surface area contributed by atoms with E-state index in [4.69, 9.17) is 10.8 Å². The maximum Gasteiger partial charge on any atom is 0.337 e. The molecule has 0 bridgehead atoms. The fourth-order valence-corrected chi connectivity index (χ4v) is 2.45. The van der Waals surface area contributed by atoms with Gasteiger partial charge in [-0.05, 0) is 24.7 Å². The Balaban J connectivity index is 2.20. The van der Waals surface area contributed by atoms with E-state index in [1.807, 2.05) is 0 Å². The predicted octanol–water partition coefficient (Wildman–Crippen LogP) is 1.30. The molecular weight excluding hydrogens is 294 g/mol. The molecule has 0 atom stereocenters. The van der Waals surface area contributed by atoms with Crippen LogP contribution in [0.2, 0.25) is 0 Å². The molecular formula is C13H13N3O4S. The van der Waals surface area contributed by atoms with Crippen LogP contribution >= 0.6 is 11.3 Å². The molecule has 2 aromatic rings. The molecule has 5 N–H and O–H groups in total. The molecule has 0 unspecified atom stereocenters. The summed E-state index contributed by atoms with van der Waals surface area (Å²) < 4.78 is 0. The van der Waals surface area contributed by atoms with Crippen molar-refractivity contribution in [2.24, 2.45) is 5.73 Å². The van der Waals surface area contributed by atoms with Crippen molar-refractivity contribution in [3.8, 4) is 5.75 Å². The second-order valence-electron chi connectivity index (χ2n) is 4.15. The number of carboxylic acids is 1. The quantitative estimate of drug-likeness (QED) is 0.617. The van der Waals surface area contributed by atoms with Gasteiger partial charge in [-0.2, -0.15) is 0 Å². The number of carbonyl (C=O) groups is 2. The highest BCUT2D eigenvalue weighted by molar-refractivity contribution is 7.09. The van der Waals surface area contributed by atoms with Crippen LogP contribution in [0.1, 0.15) is 25.9 Å². The van der Waals surface area contributed by atoms with Crippen LogP contribution in [-0.4, -0.2) is 33.6 Å². The molecule has 7 nitrogen and oxygen atoms in total. The molecule has 8 heteroatoms. The van der Waals surface area contributed by atoms with Crippen LogP contribution < -0.4 is 11.1 Å². The lowest BCUT2D eigenvalue weighted by Crippen LogP contribution is -2.15. The van der Waals surface area contributed by atoms with Crippen LogP contribution in [0.3, 0.4) is 0 Å². The molecule has 0 aliphatic rings. The summed E-state index contributed by atoms with van der Waals surface area (Å²) in [6.07, 6.45) is 0.581. The first kappa shape index (κ1) is 14.9. The van der Waals surface area contributed by atoms with E-state index in [0.717, 1.165) is 11.1 Å². The second kappa shape index (κ2) is 6.33. The van der Waals surface area contributed by atoms with Crippen LogP contribution in [0.15, 0.2) is 23.6 Å². The number of nitrogens with one attached hydrogen (secondary N) is 1. The number of hydrogen-bond donors (Lipinski definition) is 4. The first-order valence-electron chi connectivity index (χ1n) is 6.03. The summed E-state index contributed by atoms with van der Waals surface area (Å²) in [6, 6.07) is 3.69. The summed E-state index contributed by atoms with van der Waals surface area (Å²) in [5.41, 5.74) is 5.52. The number of nitrogens with zero attached hydrogens (tertiary/aromatic N) is 1. The molecule has 1 heterocycles. The summed E-state index contributed by atoms with van der Waals surface area (Å²) in [5, 5.41) is 23.2. The Bertz CT molecular complexity index is 684. The number of aromatic hydroxyl groups is 1. The lowest BCUT2D eigenvalue weighted by atomic mass is 10.1. The minimum Gasteiger partial charge on any atom is -0.508 e. The molecule has 0 aliphatic heterocycles. The van der Waals surface area contributed by atoms with Crippen molar-refractivity contribution < 1.29 is 19.8 Å². The molecule has 1 amide bonds. The van der Waals surface area contributed by atoms with Crippen molar-refractivity contribution in [2.45, 2.75) is 6.42 Å². The minimum absolute atomic E-state index is 0.0960. The fraction of sp³-hybridized carbons (Fsp3) is 0.154. The van der Waals surface area contributed by atoms with E-state index in [2.05, 4.69) is 10.3 Å². The van der Waals surface area contributed by atoms with Crippen LogP contribution in [0.5, 0.6) is 5.75 Å². The second-order valence-corrected chi connectivity index (χ2v) is 5.10. The highest BCUT2D eigenvalue weighted by Gasteiger charge is 2.16. The Morgan fingerprint density at radius 1 is 1.38 bits per heavy atom. The number of phenols is 1. The number of amides is 1. The van der Waals surface area contributed by atoms with Gasteiger partial charge in [0.25, 0.3) is 5.91 Å². The van der Waals surface area contributed by atoms with Gasteiger partial charge in [-0.25, -0.2) is 9.78 Å². The smallest absolute Gasteiger partial charge is 0.337 e. The average Bonchev–Trinajstić information content (AvgIpc) is 2.89. The van der Waals surface area contributed by atoms with Crippen LogP contribution in [0.4, 0.5) is 5.69 Å². The topological polar surface area (TPSA) is 126 Å². The van der Waals surface area contributed by atoms with Crippen molar-refractivity contribution in [3.05, 3.63) is 39.8 Å². The van der Waals surface area contributed by atoms with E-state index >= 15 is 0 Å². The molecule has 2 rings (SSSR count). The lowest BCUT2D eigenvalue weighted by molar-refractivity contribution is 0.0697. The zero-order valence-electron chi connectivity index (χ0n) is 10.9. The van der Waals surface area contributed by atoms with Crippen molar-refractivity contribution in [3.63, 3.8) is 0 Å². The van der Waals surface area contributed by atoms with Gasteiger partial charge in [-0.15, -0.1) is 11.3 Å². The lowest BCUT2D eigenvalue weighted by Gasteiger charge is -2.07. The van der Waals surface area contributed by atoms with Gasteiger partial charge in [0.2, 0.25) is 0 Å². The van der Waals surface area contributed by atoms with Crippen molar-refractivity contribution in [1.29, 1.82) is 0 Å². The van der Waals surface area contributed by atoms with Gasteiger partial charge < -0.3 is 21.3 Å². The molecule has 0 spiro atoms. The summed E-state index contributed by atoms with van der Waals surface area (Å²) in [7, 11) is 0. The van der Waals surface area contributed by atoms with Gasteiger partial charge in [-0.1, -0.05) is 0 Å².